The summed E-state index contributed by atoms with van der Waals surface area (Å²) in [5, 5.41) is -6.03. The van der Waals surface area contributed by atoms with Crippen LogP contribution in [0.1, 0.15) is 32.9 Å². The van der Waals surface area contributed by atoms with Crippen LogP contribution < -0.4 is 0 Å². The van der Waals surface area contributed by atoms with E-state index in [1.807, 2.05) is 0 Å². The molecule has 0 saturated heterocycles. The zero-order chi connectivity index (χ0) is 45.9. The molecule has 0 aromatic heterocycles. The van der Waals surface area contributed by atoms with Gasteiger partial charge in [0.25, 0.3) is 0 Å². The molecule has 0 fully saturated rings. The van der Waals surface area contributed by atoms with E-state index in [0.717, 1.165) is 0 Å². The fourth-order valence-electron chi connectivity index (χ4n) is 4.81. The van der Waals surface area contributed by atoms with E-state index in [1.54, 1.807) is 0 Å². The number of fused-ring (bicyclic) bond motifs is 7. The maximum Gasteiger partial charge on any atom is 0.0636 e. The maximum absolute atomic E-state index is 9.88. The molecule has 0 heterocycles. The summed E-state index contributed by atoms with van der Waals surface area (Å²) in [6.45, 7) is 0. The lowest BCUT2D eigenvalue weighted by Crippen LogP contribution is -1.92. The predicted octanol–water partition coefficient (Wildman–Crippen LogP) is 10.8. The zero-order valence-corrected chi connectivity index (χ0v) is 19.0. The summed E-state index contributed by atoms with van der Waals surface area (Å²) in [4.78, 5) is 0. The van der Waals surface area contributed by atoms with E-state index >= 15 is 0 Å². The van der Waals surface area contributed by atoms with E-state index in [4.69, 9.17) is 21.9 Å². The minimum atomic E-state index is -0.953. The van der Waals surface area contributed by atoms with Gasteiger partial charge in [0.05, 0.1) is 32.9 Å². The highest BCUT2D eigenvalue weighted by Crippen LogP contribution is 2.47. The standard InChI is InChI=1S/C38H24/c1-2-13-26(14-3-1)36-31-18-8-10-20-33(31)38(34-21-11-9-19-32(34)36)35-24-27-23-22-25-12-4-5-15-28(25)37(27)30-17-7-6-16-29(30)35/h1-24H/i1D,2D,3D,4D,5D,6D,7D,8D,9D,10D,11D,12D,13D,14D,15D,16D,17D,18D,19D,20D,21D,22D,23D,24D. The third-order valence-corrected chi connectivity index (χ3v) is 6.31. The first-order valence-electron chi connectivity index (χ1n) is 23.2. The van der Waals surface area contributed by atoms with Gasteiger partial charge in [-0.1, -0.05) is 139 Å². The molecule has 0 bridgehead atoms. The second kappa shape index (κ2) is 8.30. The van der Waals surface area contributed by atoms with Crippen molar-refractivity contribution in [3.05, 3.63) is 145 Å². The van der Waals surface area contributed by atoms with Gasteiger partial charge in [-0.15, -0.1) is 0 Å². The van der Waals surface area contributed by atoms with E-state index in [0.29, 0.717) is 0 Å². The van der Waals surface area contributed by atoms with Gasteiger partial charge in [-0.3, -0.25) is 0 Å². The molecule has 0 nitrogen and oxygen atoms in total. The summed E-state index contributed by atoms with van der Waals surface area (Å²) in [6.07, 6.45) is 0. The van der Waals surface area contributed by atoms with Crippen molar-refractivity contribution in [1.82, 2.24) is 0 Å². The summed E-state index contributed by atoms with van der Waals surface area (Å²) in [6, 6.07) is -21.4. The van der Waals surface area contributed by atoms with Crippen LogP contribution in [0, 0.1) is 0 Å². The van der Waals surface area contributed by atoms with E-state index in [9.17, 15) is 11.0 Å². The molecule has 0 aliphatic rings. The molecule has 38 heavy (non-hydrogen) atoms. The highest BCUT2D eigenvalue weighted by molar-refractivity contribution is 6.28. The average Bonchev–Trinajstić information content (AvgIpc) is 3.24. The molecule has 0 radical (unpaired) electrons. The van der Waals surface area contributed by atoms with Crippen molar-refractivity contribution in [1.29, 1.82) is 0 Å². The molecule has 8 aromatic carbocycles. The van der Waals surface area contributed by atoms with E-state index < -0.39 is 221 Å². The van der Waals surface area contributed by atoms with Gasteiger partial charge >= 0.3 is 0 Å². The quantitative estimate of drug-likeness (QED) is 0.162. The van der Waals surface area contributed by atoms with E-state index in [1.165, 1.54) is 0 Å². The van der Waals surface area contributed by atoms with Crippen molar-refractivity contribution in [2.24, 2.45) is 0 Å². The molecular weight excluding hydrogens is 456 g/mol. The van der Waals surface area contributed by atoms with Crippen molar-refractivity contribution in [3.8, 4) is 22.3 Å². The summed E-state index contributed by atoms with van der Waals surface area (Å²) < 4.78 is 214. The Hall–Kier alpha value is -4.94. The van der Waals surface area contributed by atoms with Crippen LogP contribution in [0.5, 0.6) is 0 Å². The van der Waals surface area contributed by atoms with Crippen LogP contribution in [0.25, 0.3) is 76.1 Å². The van der Waals surface area contributed by atoms with Gasteiger partial charge in [0, 0.05) is 0 Å². The SMILES string of the molecule is [2H]c1c([2H])c([2H])c(-c2c3c([2H])c([2H])c([2H])c([2H])c3c(-c3c([2H])c4c([2H])c([2H])c5c([2H])c([2H])c([2H])c([2H])c5c4c4c([2H])c([2H])c([2H])c([2H])c34)c3c([2H])c([2H])c([2H])c([2H])c23)c([2H])c1[2H]. The fraction of sp³-hybridized carbons (Fsp3) is 0. The lowest BCUT2D eigenvalue weighted by atomic mass is 9.83. The highest BCUT2D eigenvalue weighted by Gasteiger charge is 2.19. The number of rotatable bonds is 2. The molecule has 8 aromatic rings. The average molecular weight is 505 g/mol. The van der Waals surface area contributed by atoms with Crippen LogP contribution in [0.2, 0.25) is 0 Å². The van der Waals surface area contributed by atoms with Crippen molar-refractivity contribution < 1.29 is 32.9 Å². The minimum absolute atomic E-state index is 0.475. The van der Waals surface area contributed by atoms with Gasteiger partial charge in [-0.2, -0.15) is 0 Å². The van der Waals surface area contributed by atoms with Crippen LogP contribution in [0.4, 0.5) is 0 Å². The van der Waals surface area contributed by atoms with Crippen LogP contribution in [-0.2, 0) is 0 Å². The Morgan fingerprint density at radius 2 is 0.816 bits per heavy atom. The van der Waals surface area contributed by atoms with E-state index in [-0.39, 0.29) is 0 Å². The van der Waals surface area contributed by atoms with Crippen molar-refractivity contribution >= 4 is 53.9 Å². The Bertz CT molecular complexity index is 3390. The normalized spacial score (nSPS) is 20.5. The second-order valence-electron chi connectivity index (χ2n) is 8.25. The van der Waals surface area contributed by atoms with E-state index in [2.05, 4.69) is 0 Å². The number of hydrogen-bond donors (Lipinski definition) is 0. The van der Waals surface area contributed by atoms with Gasteiger partial charge in [0.1, 0.15) is 0 Å². The van der Waals surface area contributed by atoms with Gasteiger partial charge < -0.3 is 0 Å². The largest absolute Gasteiger partial charge is 0.0636 e. The zero-order valence-electron chi connectivity index (χ0n) is 43.0. The summed E-state index contributed by atoms with van der Waals surface area (Å²) in [5.41, 5.74) is -2.75. The lowest BCUT2D eigenvalue weighted by molar-refractivity contribution is 1.67. The monoisotopic (exact) mass is 504 g/mol. The fourth-order valence-corrected chi connectivity index (χ4v) is 4.81. The van der Waals surface area contributed by atoms with Crippen LogP contribution >= 0.6 is 0 Å². The summed E-state index contributed by atoms with van der Waals surface area (Å²) >= 11 is 0. The van der Waals surface area contributed by atoms with Gasteiger partial charge in [-0.05, 0) is 82.2 Å². The summed E-state index contributed by atoms with van der Waals surface area (Å²) in [7, 11) is 0. The first-order chi connectivity index (χ1) is 28.9. The first kappa shape index (κ1) is 8.28. The molecule has 0 aliphatic heterocycles. The van der Waals surface area contributed by atoms with Crippen LogP contribution in [0.3, 0.4) is 0 Å². The highest BCUT2D eigenvalue weighted by atomic mass is 14.2. The molecule has 176 valence electrons. The topological polar surface area (TPSA) is 0 Å². The number of benzene rings is 8. The molecule has 0 saturated carbocycles. The number of hydrogen-bond acceptors (Lipinski definition) is 0. The Balaban J connectivity index is 1.87. The van der Waals surface area contributed by atoms with Gasteiger partial charge in [0.15, 0.2) is 0 Å². The molecule has 0 amide bonds. The van der Waals surface area contributed by atoms with Crippen LogP contribution in [0.15, 0.2) is 145 Å². The second-order valence-corrected chi connectivity index (χ2v) is 8.25. The Morgan fingerprint density at radius 1 is 0.342 bits per heavy atom. The smallest absolute Gasteiger partial charge is 0.0622 e. The summed E-state index contributed by atoms with van der Waals surface area (Å²) in [5.74, 6) is 0. The molecule has 0 atom stereocenters. The third kappa shape index (κ3) is 3.04. The molecule has 0 heteroatoms. The molecule has 0 spiro atoms. The molecule has 0 N–H and O–H groups in total. The predicted molar refractivity (Wildman–Crippen MR) is 165 cm³/mol. The third-order valence-electron chi connectivity index (χ3n) is 6.31. The molecular formula is C38H24. The Kier molecular flexibility index (Phi) is 1.81. The Labute approximate surface area is 255 Å². The van der Waals surface area contributed by atoms with Gasteiger partial charge in [-0.25, -0.2) is 0 Å². The lowest BCUT2D eigenvalue weighted by Gasteiger charge is -2.20. The maximum atomic E-state index is 9.88. The molecule has 0 unspecified atom stereocenters. The molecule has 0 aliphatic carbocycles. The molecule has 8 rings (SSSR count). The first-order valence-corrected chi connectivity index (χ1v) is 11.2. The van der Waals surface area contributed by atoms with Gasteiger partial charge in [0.2, 0.25) is 0 Å². The van der Waals surface area contributed by atoms with Crippen molar-refractivity contribution in [3.63, 3.8) is 0 Å². The van der Waals surface area contributed by atoms with Crippen molar-refractivity contribution in [2.45, 2.75) is 0 Å². The minimum Gasteiger partial charge on any atom is -0.0622 e. The van der Waals surface area contributed by atoms with Crippen molar-refractivity contribution in [2.75, 3.05) is 0 Å². The van der Waals surface area contributed by atoms with Crippen LogP contribution in [-0.4, -0.2) is 0 Å². The Morgan fingerprint density at radius 3 is 1.47 bits per heavy atom.